The largest absolute Gasteiger partial charge is 0.490 e. The topological polar surface area (TPSA) is 48.4 Å². The molecule has 0 saturated heterocycles. The second-order valence-corrected chi connectivity index (χ2v) is 7.33. The first kappa shape index (κ1) is 14.5. The molecule has 0 unspecified atom stereocenters. The highest BCUT2D eigenvalue weighted by Gasteiger charge is 2.14. The molecule has 2 aromatic rings. The zero-order valence-electron chi connectivity index (χ0n) is 11.8. The van der Waals surface area contributed by atoms with E-state index in [2.05, 4.69) is 4.98 Å². The summed E-state index contributed by atoms with van der Waals surface area (Å²) in [6.45, 7) is 3.30. The van der Waals surface area contributed by atoms with Crippen molar-refractivity contribution in [3.05, 3.63) is 34.3 Å². The van der Waals surface area contributed by atoms with Crippen LogP contribution in [0.3, 0.4) is 0 Å². The van der Waals surface area contributed by atoms with Crippen LogP contribution in [-0.2, 0) is 17.2 Å². The van der Waals surface area contributed by atoms with Crippen molar-refractivity contribution in [1.29, 1.82) is 0 Å². The zero-order chi connectivity index (χ0) is 14.7. The lowest BCUT2D eigenvalue weighted by Crippen LogP contribution is -2.02. The Labute approximate surface area is 130 Å². The average Bonchev–Trinajstić information content (AvgIpc) is 2.76. The SMILES string of the molecule is Cc1ncsc1CC[S@@](=O)c1ccc2c(c1)OCCCO2. The molecule has 0 bridgehead atoms. The van der Waals surface area contributed by atoms with E-state index in [1.165, 1.54) is 4.88 Å². The van der Waals surface area contributed by atoms with Crippen LogP contribution in [0, 0.1) is 6.92 Å². The van der Waals surface area contributed by atoms with E-state index in [1.54, 1.807) is 11.3 Å². The number of nitrogens with zero attached hydrogens (tertiary/aromatic N) is 1. The number of fused-ring (bicyclic) bond motifs is 1. The summed E-state index contributed by atoms with van der Waals surface area (Å²) in [5, 5.41) is 0. The molecule has 1 aliphatic heterocycles. The van der Waals surface area contributed by atoms with Crippen molar-refractivity contribution >= 4 is 22.1 Å². The van der Waals surface area contributed by atoms with Gasteiger partial charge in [0.1, 0.15) is 0 Å². The van der Waals surface area contributed by atoms with E-state index < -0.39 is 10.8 Å². The Morgan fingerprint density at radius 2 is 2.10 bits per heavy atom. The predicted molar refractivity (Wildman–Crippen MR) is 83.9 cm³/mol. The van der Waals surface area contributed by atoms with E-state index in [0.29, 0.717) is 24.7 Å². The second-order valence-electron chi connectivity index (χ2n) is 4.82. The number of thiazole rings is 1. The standard InChI is InChI=1S/C15H17NO3S2/c1-11-15(20-10-16-11)5-8-21(17)12-3-4-13-14(9-12)19-7-2-6-18-13/h3-4,9-10H,2,5-8H2,1H3/t21-/m1/s1. The smallest absolute Gasteiger partial charge is 0.162 e. The second kappa shape index (κ2) is 6.58. The van der Waals surface area contributed by atoms with Gasteiger partial charge in [-0.2, -0.15) is 0 Å². The summed E-state index contributed by atoms with van der Waals surface area (Å²) in [6.07, 6.45) is 1.66. The van der Waals surface area contributed by atoms with Crippen LogP contribution in [0.25, 0.3) is 0 Å². The number of ether oxygens (including phenoxy) is 2. The Morgan fingerprint density at radius 1 is 1.29 bits per heavy atom. The zero-order valence-corrected chi connectivity index (χ0v) is 13.5. The lowest BCUT2D eigenvalue weighted by atomic mass is 10.3. The maximum Gasteiger partial charge on any atom is 0.162 e. The lowest BCUT2D eigenvalue weighted by Gasteiger charge is -2.09. The van der Waals surface area contributed by atoms with Crippen molar-refractivity contribution in [3.63, 3.8) is 0 Å². The van der Waals surface area contributed by atoms with Crippen LogP contribution >= 0.6 is 11.3 Å². The minimum Gasteiger partial charge on any atom is -0.490 e. The van der Waals surface area contributed by atoms with Gasteiger partial charge in [0.15, 0.2) is 11.5 Å². The van der Waals surface area contributed by atoms with Crippen LogP contribution in [0.4, 0.5) is 0 Å². The summed E-state index contributed by atoms with van der Waals surface area (Å²) in [5.74, 6) is 2.04. The van der Waals surface area contributed by atoms with Gasteiger partial charge in [-0.1, -0.05) is 0 Å². The lowest BCUT2D eigenvalue weighted by molar-refractivity contribution is 0.297. The minimum atomic E-state index is -1.04. The number of aromatic nitrogens is 1. The molecule has 1 atom stereocenters. The normalized spacial score (nSPS) is 15.5. The summed E-state index contributed by atoms with van der Waals surface area (Å²) >= 11 is 1.62. The summed E-state index contributed by atoms with van der Waals surface area (Å²) in [7, 11) is -1.04. The van der Waals surface area contributed by atoms with Gasteiger partial charge in [0, 0.05) is 28.0 Å². The molecular weight excluding hydrogens is 306 g/mol. The van der Waals surface area contributed by atoms with Gasteiger partial charge in [-0.15, -0.1) is 11.3 Å². The Kier molecular flexibility index (Phi) is 4.55. The van der Waals surface area contributed by atoms with Crippen molar-refractivity contribution in [2.45, 2.75) is 24.7 Å². The first-order valence-corrected chi connectivity index (χ1v) is 9.11. The first-order chi connectivity index (χ1) is 10.2. The molecule has 0 radical (unpaired) electrons. The molecule has 0 spiro atoms. The van der Waals surface area contributed by atoms with Crippen molar-refractivity contribution < 1.29 is 13.7 Å². The summed E-state index contributed by atoms with van der Waals surface area (Å²) in [4.78, 5) is 6.22. The molecule has 0 fully saturated rings. The van der Waals surface area contributed by atoms with Crippen molar-refractivity contribution in [3.8, 4) is 11.5 Å². The number of benzene rings is 1. The van der Waals surface area contributed by atoms with E-state index in [4.69, 9.17) is 9.47 Å². The molecule has 21 heavy (non-hydrogen) atoms. The van der Waals surface area contributed by atoms with E-state index in [9.17, 15) is 4.21 Å². The summed E-state index contributed by atoms with van der Waals surface area (Å²) in [6, 6.07) is 5.56. The van der Waals surface area contributed by atoms with Crippen molar-refractivity contribution in [2.75, 3.05) is 19.0 Å². The highest BCUT2D eigenvalue weighted by Crippen LogP contribution is 2.31. The van der Waals surface area contributed by atoms with E-state index in [-0.39, 0.29) is 0 Å². The Hall–Kier alpha value is -1.40. The molecule has 6 heteroatoms. The van der Waals surface area contributed by atoms with Crippen LogP contribution in [0.5, 0.6) is 11.5 Å². The maximum absolute atomic E-state index is 12.4. The van der Waals surface area contributed by atoms with E-state index in [0.717, 1.165) is 29.2 Å². The molecule has 0 aliphatic carbocycles. The van der Waals surface area contributed by atoms with Gasteiger partial charge in [-0.05, 0) is 25.5 Å². The molecule has 2 heterocycles. The van der Waals surface area contributed by atoms with Gasteiger partial charge in [-0.25, -0.2) is 4.98 Å². The van der Waals surface area contributed by atoms with Crippen LogP contribution in [-0.4, -0.2) is 28.2 Å². The van der Waals surface area contributed by atoms with Crippen molar-refractivity contribution in [2.24, 2.45) is 0 Å². The quantitative estimate of drug-likeness (QED) is 0.868. The number of hydrogen-bond acceptors (Lipinski definition) is 5. The first-order valence-electron chi connectivity index (χ1n) is 6.91. The van der Waals surface area contributed by atoms with Crippen LogP contribution in [0.2, 0.25) is 0 Å². The molecule has 0 N–H and O–H groups in total. The number of aryl methyl sites for hydroxylation is 2. The fraction of sp³-hybridized carbons (Fsp3) is 0.400. The maximum atomic E-state index is 12.4. The third kappa shape index (κ3) is 3.44. The third-order valence-corrected chi connectivity index (χ3v) is 5.69. The number of rotatable bonds is 4. The fourth-order valence-electron chi connectivity index (χ4n) is 2.15. The summed E-state index contributed by atoms with van der Waals surface area (Å²) in [5.41, 5.74) is 2.87. The number of hydrogen-bond donors (Lipinski definition) is 0. The van der Waals surface area contributed by atoms with Gasteiger partial charge in [0.05, 0.1) is 35.2 Å². The molecule has 3 rings (SSSR count). The van der Waals surface area contributed by atoms with Crippen LogP contribution in [0.15, 0.2) is 28.6 Å². The monoisotopic (exact) mass is 323 g/mol. The molecule has 4 nitrogen and oxygen atoms in total. The molecule has 0 saturated carbocycles. The van der Waals surface area contributed by atoms with Gasteiger partial charge in [0.2, 0.25) is 0 Å². The molecule has 1 aromatic carbocycles. The van der Waals surface area contributed by atoms with E-state index >= 15 is 0 Å². The molecule has 1 aromatic heterocycles. The van der Waals surface area contributed by atoms with Crippen LogP contribution < -0.4 is 9.47 Å². The Morgan fingerprint density at radius 3 is 2.86 bits per heavy atom. The Balaban J connectivity index is 1.70. The highest BCUT2D eigenvalue weighted by atomic mass is 32.2. The van der Waals surface area contributed by atoms with Gasteiger partial charge < -0.3 is 9.47 Å². The van der Waals surface area contributed by atoms with Gasteiger partial charge in [0.25, 0.3) is 0 Å². The average molecular weight is 323 g/mol. The molecule has 0 amide bonds. The highest BCUT2D eigenvalue weighted by molar-refractivity contribution is 7.85. The predicted octanol–water partition coefficient (Wildman–Crippen LogP) is 2.96. The van der Waals surface area contributed by atoms with Gasteiger partial charge >= 0.3 is 0 Å². The van der Waals surface area contributed by atoms with Crippen molar-refractivity contribution in [1.82, 2.24) is 4.98 Å². The summed E-state index contributed by atoms with van der Waals surface area (Å²) < 4.78 is 23.7. The minimum absolute atomic E-state index is 0.600. The molecular formula is C15H17NO3S2. The molecule has 1 aliphatic rings. The third-order valence-electron chi connectivity index (χ3n) is 3.34. The Bertz CT molecular complexity index is 654. The fourth-order valence-corrected chi connectivity index (χ4v) is 4.15. The van der Waals surface area contributed by atoms with E-state index in [1.807, 2.05) is 30.6 Å². The van der Waals surface area contributed by atoms with Crippen LogP contribution in [0.1, 0.15) is 17.0 Å². The molecule has 112 valence electrons. The van der Waals surface area contributed by atoms with Gasteiger partial charge in [-0.3, -0.25) is 4.21 Å².